The first-order chi connectivity index (χ1) is 14.7. The fraction of sp³-hybridized carbons (Fsp3) is 0.692. The Kier molecular flexibility index (Phi) is 20.5. The molecule has 171 valence electrons. The van der Waals surface area contributed by atoms with Crippen LogP contribution in [0.1, 0.15) is 121 Å². The molecule has 1 aromatic carbocycles. The summed E-state index contributed by atoms with van der Waals surface area (Å²) in [6.07, 6.45) is 20.9. The van der Waals surface area contributed by atoms with Crippen molar-refractivity contribution in [1.82, 2.24) is 0 Å². The number of aliphatic carboxylic acids is 1. The van der Waals surface area contributed by atoms with Gasteiger partial charge in [0.15, 0.2) is 0 Å². The summed E-state index contributed by atoms with van der Waals surface area (Å²) < 4.78 is 0. The third-order valence-corrected chi connectivity index (χ3v) is 5.84. The van der Waals surface area contributed by atoms with Crippen molar-refractivity contribution in [2.45, 2.75) is 116 Å². The molecule has 0 aromatic heterocycles. The number of nitrogens with zero attached hydrogens (tertiary/aromatic N) is 1. The number of benzene rings is 1. The quantitative estimate of drug-likeness (QED) is 0.0813. The number of hydrazone groups is 1. The van der Waals surface area contributed by atoms with Crippen LogP contribution in [0.15, 0.2) is 29.4 Å². The van der Waals surface area contributed by atoms with Gasteiger partial charge in [0.1, 0.15) is 0 Å². The number of rotatable bonds is 19. The van der Waals surface area contributed by atoms with Crippen molar-refractivity contribution in [3.63, 3.8) is 0 Å². The zero-order valence-corrected chi connectivity index (χ0v) is 22.2. The Bertz CT molecular complexity index is 588. The van der Waals surface area contributed by atoms with Crippen LogP contribution in [-0.2, 0) is 11.2 Å². The van der Waals surface area contributed by atoms with Crippen LogP contribution in [0.5, 0.6) is 0 Å². The fourth-order valence-corrected chi connectivity index (χ4v) is 3.90. The Morgan fingerprint density at radius 2 is 1.23 bits per heavy atom. The summed E-state index contributed by atoms with van der Waals surface area (Å²) in [6, 6.07) is 8.24. The first kappa shape index (κ1) is 30.2. The smallest absolute Gasteiger partial charge is 0.303 e. The van der Waals surface area contributed by atoms with E-state index in [0.29, 0.717) is 12.1 Å². The molecular formula is C26H44N2NaO2. The molecule has 0 bridgehead atoms. The Morgan fingerprint density at radius 1 is 0.774 bits per heavy atom. The molecule has 31 heavy (non-hydrogen) atoms. The molecule has 0 saturated carbocycles. The van der Waals surface area contributed by atoms with Gasteiger partial charge in [0, 0.05) is 36.0 Å². The van der Waals surface area contributed by atoms with E-state index in [1.165, 1.54) is 95.5 Å². The summed E-state index contributed by atoms with van der Waals surface area (Å²) in [5, 5.41) is 12.6. The Balaban J connectivity index is 0.00000900. The van der Waals surface area contributed by atoms with Crippen molar-refractivity contribution in [2.24, 2.45) is 10.9 Å². The van der Waals surface area contributed by atoms with E-state index in [1.54, 1.807) is 0 Å². The van der Waals surface area contributed by atoms with Crippen molar-refractivity contribution in [3.8, 4) is 0 Å². The zero-order chi connectivity index (χ0) is 21.9. The summed E-state index contributed by atoms with van der Waals surface area (Å²) in [5.74, 6) is 4.59. The third-order valence-electron chi connectivity index (χ3n) is 5.84. The van der Waals surface area contributed by atoms with E-state index in [-0.39, 0.29) is 36.0 Å². The van der Waals surface area contributed by atoms with Gasteiger partial charge in [0.2, 0.25) is 0 Å². The molecule has 4 nitrogen and oxygen atoms in total. The second kappa shape index (κ2) is 21.0. The second-order valence-corrected chi connectivity index (χ2v) is 8.51. The summed E-state index contributed by atoms with van der Waals surface area (Å²) in [7, 11) is 0. The zero-order valence-electron chi connectivity index (χ0n) is 20.2. The molecule has 0 aliphatic carbocycles. The van der Waals surface area contributed by atoms with Gasteiger partial charge in [-0.1, -0.05) is 115 Å². The van der Waals surface area contributed by atoms with Crippen LogP contribution in [0.4, 0.5) is 0 Å². The monoisotopic (exact) mass is 439 g/mol. The molecule has 3 N–H and O–H groups in total. The minimum Gasteiger partial charge on any atom is -0.481 e. The predicted molar refractivity (Wildman–Crippen MR) is 134 cm³/mol. The number of carbonyl (C=O) groups is 1. The summed E-state index contributed by atoms with van der Waals surface area (Å²) >= 11 is 0. The Morgan fingerprint density at radius 3 is 1.65 bits per heavy atom. The Hall–Kier alpha value is -0.840. The van der Waals surface area contributed by atoms with E-state index in [4.69, 9.17) is 10.9 Å². The van der Waals surface area contributed by atoms with Crippen molar-refractivity contribution < 1.29 is 9.90 Å². The molecule has 0 spiro atoms. The van der Waals surface area contributed by atoms with E-state index >= 15 is 0 Å². The number of hydrogen-bond donors (Lipinski definition) is 2. The van der Waals surface area contributed by atoms with E-state index in [1.807, 2.05) is 12.1 Å². The van der Waals surface area contributed by atoms with Gasteiger partial charge in [0.25, 0.3) is 0 Å². The van der Waals surface area contributed by atoms with Gasteiger partial charge in [-0.25, -0.2) is 0 Å². The minimum atomic E-state index is -0.828. The molecule has 5 heteroatoms. The van der Waals surface area contributed by atoms with E-state index in [0.717, 1.165) is 12.0 Å². The van der Waals surface area contributed by atoms with Gasteiger partial charge in [0.05, 0.1) is 12.1 Å². The topological polar surface area (TPSA) is 75.7 Å². The van der Waals surface area contributed by atoms with Gasteiger partial charge >= 0.3 is 5.97 Å². The molecule has 0 saturated heterocycles. The van der Waals surface area contributed by atoms with Gasteiger partial charge in [-0.05, 0) is 24.0 Å². The number of unbranched alkanes of at least 4 members (excludes halogenated alkanes) is 13. The van der Waals surface area contributed by atoms with Crippen LogP contribution in [0.3, 0.4) is 0 Å². The number of aryl methyl sites for hydroxylation is 1. The van der Waals surface area contributed by atoms with Crippen molar-refractivity contribution in [3.05, 3.63) is 35.4 Å². The van der Waals surface area contributed by atoms with Crippen molar-refractivity contribution >= 4 is 41.2 Å². The standard InChI is InChI=1S/C26H44N2O2.Na/c1-2-3-4-5-6-7-8-9-10-11-12-13-14-15-16-23-17-19-24(20-18-23)25(28-27)21-22-26(29)30;/h17-20H,2-16,21-22,27H2,1H3,(H,29,30);/b28-25+;. The molecule has 1 radical (unpaired) electrons. The Labute approximate surface area is 212 Å². The van der Waals surface area contributed by atoms with E-state index < -0.39 is 5.97 Å². The van der Waals surface area contributed by atoms with Crippen molar-refractivity contribution in [1.29, 1.82) is 0 Å². The van der Waals surface area contributed by atoms with Crippen LogP contribution in [0.2, 0.25) is 0 Å². The number of hydrogen-bond acceptors (Lipinski definition) is 3. The second-order valence-electron chi connectivity index (χ2n) is 8.51. The maximum atomic E-state index is 10.7. The minimum absolute atomic E-state index is 0. The third kappa shape index (κ3) is 16.5. The normalized spacial score (nSPS) is 11.3. The first-order valence-electron chi connectivity index (χ1n) is 12.2. The number of nitrogens with two attached hydrogens (primary N) is 1. The average molecular weight is 440 g/mol. The summed E-state index contributed by atoms with van der Waals surface area (Å²) in [6.45, 7) is 2.28. The summed E-state index contributed by atoms with van der Waals surface area (Å²) in [5.41, 5.74) is 2.90. The van der Waals surface area contributed by atoms with Gasteiger partial charge in [-0.2, -0.15) is 5.10 Å². The molecule has 0 unspecified atom stereocenters. The van der Waals surface area contributed by atoms with Crippen molar-refractivity contribution in [2.75, 3.05) is 0 Å². The predicted octanol–water partition coefficient (Wildman–Crippen LogP) is 6.86. The van der Waals surface area contributed by atoms with E-state index in [9.17, 15) is 4.79 Å². The SMILES string of the molecule is CCCCCCCCCCCCCCCCc1ccc(/C(CCC(=O)O)=N/N)cc1.[Na]. The van der Waals surface area contributed by atoms with Crippen LogP contribution >= 0.6 is 0 Å². The van der Waals surface area contributed by atoms with Crippen LogP contribution in [0.25, 0.3) is 0 Å². The fourth-order valence-electron chi connectivity index (χ4n) is 3.90. The molecule has 0 atom stereocenters. The summed E-state index contributed by atoms with van der Waals surface area (Å²) in [4.78, 5) is 10.7. The van der Waals surface area contributed by atoms with Crippen LogP contribution < -0.4 is 5.84 Å². The molecule has 0 heterocycles. The largest absolute Gasteiger partial charge is 0.481 e. The first-order valence-corrected chi connectivity index (χ1v) is 12.2. The molecular weight excluding hydrogens is 395 g/mol. The average Bonchev–Trinajstić information content (AvgIpc) is 2.75. The molecule has 1 aromatic rings. The molecule has 1 rings (SSSR count). The van der Waals surface area contributed by atoms with E-state index in [2.05, 4.69) is 24.2 Å². The van der Waals surface area contributed by atoms with Gasteiger partial charge < -0.3 is 10.9 Å². The van der Waals surface area contributed by atoms with Gasteiger partial charge in [-0.3, -0.25) is 4.79 Å². The molecule has 0 fully saturated rings. The maximum absolute atomic E-state index is 10.7. The van der Waals surface area contributed by atoms with Crippen LogP contribution in [-0.4, -0.2) is 46.3 Å². The maximum Gasteiger partial charge on any atom is 0.303 e. The number of carboxylic acids is 1. The number of carboxylic acid groups (broad SMARTS) is 1. The van der Waals surface area contributed by atoms with Gasteiger partial charge in [-0.15, -0.1) is 0 Å². The van der Waals surface area contributed by atoms with Crippen LogP contribution in [0, 0.1) is 0 Å². The molecule has 0 aliphatic rings. The molecule has 0 amide bonds. The molecule has 0 aliphatic heterocycles.